The molecule has 0 aliphatic heterocycles. The summed E-state index contributed by atoms with van der Waals surface area (Å²) in [5.41, 5.74) is 0.701. The van der Waals surface area contributed by atoms with Crippen LogP contribution in [0.15, 0.2) is 35.3 Å². The average molecular weight is 345 g/mol. The Balaban J connectivity index is 1.69. The molecule has 1 aromatic carbocycles. The Labute approximate surface area is 151 Å². The van der Waals surface area contributed by atoms with Crippen molar-refractivity contribution in [1.29, 1.82) is 0 Å². The lowest BCUT2D eigenvalue weighted by Gasteiger charge is -2.28. The molecule has 2 rings (SSSR count). The van der Waals surface area contributed by atoms with Gasteiger partial charge in [-0.25, -0.2) is 0 Å². The van der Waals surface area contributed by atoms with Crippen LogP contribution in [0.2, 0.25) is 0 Å². The Morgan fingerprint density at radius 2 is 1.84 bits per heavy atom. The van der Waals surface area contributed by atoms with Crippen molar-refractivity contribution in [2.24, 2.45) is 10.9 Å². The van der Waals surface area contributed by atoms with E-state index in [9.17, 15) is 4.79 Å². The number of guanidine groups is 1. The number of benzene rings is 1. The summed E-state index contributed by atoms with van der Waals surface area (Å²) < 4.78 is 0. The van der Waals surface area contributed by atoms with Gasteiger partial charge in [-0.05, 0) is 57.1 Å². The zero-order chi connectivity index (χ0) is 17.9. The van der Waals surface area contributed by atoms with Gasteiger partial charge in [-0.15, -0.1) is 0 Å². The van der Waals surface area contributed by atoms with Gasteiger partial charge < -0.3 is 16.0 Å². The van der Waals surface area contributed by atoms with Gasteiger partial charge in [0.05, 0.1) is 0 Å². The normalized spacial score (nSPS) is 20.8. The van der Waals surface area contributed by atoms with Crippen molar-refractivity contribution in [1.82, 2.24) is 16.0 Å². The molecular formula is C20H32N4O. The number of hydrogen-bond acceptors (Lipinski definition) is 2. The van der Waals surface area contributed by atoms with Crippen LogP contribution in [-0.2, 0) is 0 Å². The summed E-state index contributed by atoms with van der Waals surface area (Å²) in [6.07, 6.45) is 5.86. The van der Waals surface area contributed by atoms with Crippen LogP contribution in [0, 0.1) is 5.92 Å². The number of nitrogens with zero attached hydrogens (tertiary/aromatic N) is 1. The number of amides is 1. The smallest absolute Gasteiger partial charge is 0.251 e. The lowest BCUT2D eigenvalue weighted by molar-refractivity contribution is 0.0953. The van der Waals surface area contributed by atoms with Gasteiger partial charge in [0.2, 0.25) is 0 Å². The molecule has 1 fully saturated rings. The largest absolute Gasteiger partial charge is 0.357 e. The highest BCUT2D eigenvalue weighted by Gasteiger charge is 2.18. The molecule has 5 nitrogen and oxygen atoms in total. The van der Waals surface area contributed by atoms with Crippen LogP contribution in [0.4, 0.5) is 0 Å². The summed E-state index contributed by atoms with van der Waals surface area (Å²) >= 11 is 0. The van der Waals surface area contributed by atoms with Gasteiger partial charge in [0.1, 0.15) is 0 Å². The van der Waals surface area contributed by atoms with Gasteiger partial charge in [-0.1, -0.05) is 25.1 Å². The first kappa shape index (κ1) is 19.3. The average Bonchev–Trinajstić information content (AvgIpc) is 2.64. The summed E-state index contributed by atoms with van der Waals surface area (Å²) in [7, 11) is 0. The molecule has 0 unspecified atom stereocenters. The molecule has 0 bridgehead atoms. The standard InChI is InChI=1S/C20H32N4O/c1-3-21-20(24-18-12-10-16(2)11-13-18)23-15-7-14-22-19(25)17-8-5-4-6-9-17/h4-6,8-9,16,18H,3,7,10-15H2,1-2H3,(H,22,25)(H2,21,23,24). The molecule has 25 heavy (non-hydrogen) atoms. The van der Waals surface area contributed by atoms with Crippen LogP contribution in [0.5, 0.6) is 0 Å². The van der Waals surface area contributed by atoms with Crippen molar-refractivity contribution in [2.45, 2.75) is 52.0 Å². The molecule has 0 saturated heterocycles. The second kappa shape index (κ2) is 10.7. The Morgan fingerprint density at radius 1 is 1.12 bits per heavy atom. The fourth-order valence-corrected chi connectivity index (χ4v) is 3.08. The second-order valence-corrected chi connectivity index (χ2v) is 6.84. The van der Waals surface area contributed by atoms with E-state index in [0.717, 1.165) is 24.8 Å². The molecule has 1 aliphatic rings. The van der Waals surface area contributed by atoms with Crippen molar-refractivity contribution >= 4 is 11.9 Å². The van der Waals surface area contributed by atoms with Gasteiger partial charge in [0.15, 0.2) is 5.96 Å². The van der Waals surface area contributed by atoms with Crippen molar-refractivity contribution in [3.05, 3.63) is 35.9 Å². The molecule has 3 N–H and O–H groups in total. The predicted molar refractivity (Wildman–Crippen MR) is 104 cm³/mol. The molecule has 138 valence electrons. The molecule has 0 spiro atoms. The second-order valence-electron chi connectivity index (χ2n) is 6.84. The summed E-state index contributed by atoms with van der Waals surface area (Å²) in [4.78, 5) is 16.6. The highest BCUT2D eigenvalue weighted by atomic mass is 16.1. The van der Waals surface area contributed by atoms with Crippen LogP contribution >= 0.6 is 0 Å². The van der Waals surface area contributed by atoms with Crippen molar-refractivity contribution in [3.8, 4) is 0 Å². The summed E-state index contributed by atoms with van der Waals surface area (Å²) in [6, 6.07) is 9.84. The van der Waals surface area contributed by atoms with Gasteiger partial charge in [0.25, 0.3) is 5.91 Å². The summed E-state index contributed by atoms with van der Waals surface area (Å²) in [5.74, 6) is 1.73. The number of nitrogens with one attached hydrogen (secondary N) is 3. The molecule has 5 heteroatoms. The minimum absolute atomic E-state index is 0.0223. The maximum Gasteiger partial charge on any atom is 0.251 e. The van der Waals surface area contributed by atoms with Crippen LogP contribution in [0.25, 0.3) is 0 Å². The first-order valence-corrected chi connectivity index (χ1v) is 9.57. The van der Waals surface area contributed by atoms with Crippen LogP contribution in [0.1, 0.15) is 56.3 Å². The number of carbonyl (C=O) groups is 1. The maximum absolute atomic E-state index is 12.0. The molecule has 0 aromatic heterocycles. The highest BCUT2D eigenvalue weighted by molar-refractivity contribution is 5.94. The molecule has 1 amide bonds. The Hall–Kier alpha value is -2.04. The number of carbonyl (C=O) groups excluding carboxylic acids is 1. The third kappa shape index (κ3) is 7.16. The van der Waals surface area contributed by atoms with E-state index in [0.29, 0.717) is 24.7 Å². The van der Waals surface area contributed by atoms with Crippen LogP contribution in [0.3, 0.4) is 0 Å². The molecular weight excluding hydrogens is 312 g/mol. The SMILES string of the molecule is CCNC(=NCCCNC(=O)c1ccccc1)NC1CCC(C)CC1. The van der Waals surface area contributed by atoms with Crippen molar-refractivity contribution in [2.75, 3.05) is 19.6 Å². The maximum atomic E-state index is 12.0. The molecule has 0 radical (unpaired) electrons. The van der Waals surface area contributed by atoms with E-state index in [-0.39, 0.29) is 5.91 Å². The zero-order valence-electron chi connectivity index (χ0n) is 15.6. The number of aliphatic imine (C=N–C) groups is 1. The Bertz CT molecular complexity index is 536. The van der Waals surface area contributed by atoms with Crippen LogP contribution < -0.4 is 16.0 Å². The van der Waals surface area contributed by atoms with E-state index in [1.54, 1.807) is 0 Å². The van der Waals surface area contributed by atoms with Gasteiger partial charge in [0, 0.05) is 31.2 Å². The minimum Gasteiger partial charge on any atom is -0.357 e. The third-order valence-electron chi connectivity index (χ3n) is 4.63. The van der Waals surface area contributed by atoms with E-state index in [1.165, 1.54) is 25.7 Å². The first-order chi connectivity index (χ1) is 12.2. The van der Waals surface area contributed by atoms with Gasteiger partial charge in [-0.3, -0.25) is 9.79 Å². The summed E-state index contributed by atoms with van der Waals surface area (Å²) in [5, 5.41) is 9.81. The molecule has 0 atom stereocenters. The lowest BCUT2D eigenvalue weighted by atomic mass is 9.87. The van der Waals surface area contributed by atoms with E-state index >= 15 is 0 Å². The molecule has 1 aromatic rings. The van der Waals surface area contributed by atoms with E-state index in [2.05, 4.69) is 34.8 Å². The lowest BCUT2D eigenvalue weighted by Crippen LogP contribution is -2.44. The highest BCUT2D eigenvalue weighted by Crippen LogP contribution is 2.23. The monoisotopic (exact) mass is 344 g/mol. The van der Waals surface area contributed by atoms with E-state index < -0.39 is 0 Å². The minimum atomic E-state index is -0.0223. The topological polar surface area (TPSA) is 65.5 Å². The predicted octanol–water partition coefficient (Wildman–Crippen LogP) is 2.94. The van der Waals surface area contributed by atoms with Crippen LogP contribution in [-0.4, -0.2) is 37.5 Å². The van der Waals surface area contributed by atoms with E-state index in [4.69, 9.17) is 0 Å². The molecule has 1 aliphatic carbocycles. The first-order valence-electron chi connectivity index (χ1n) is 9.57. The molecule has 1 saturated carbocycles. The van der Waals surface area contributed by atoms with Crippen molar-refractivity contribution < 1.29 is 4.79 Å². The quantitative estimate of drug-likeness (QED) is 0.405. The van der Waals surface area contributed by atoms with Crippen molar-refractivity contribution in [3.63, 3.8) is 0 Å². The Kier molecular flexibility index (Phi) is 8.29. The molecule has 0 heterocycles. The van der Waals surface area contributed by atoms with E-state index in [1.807, 2.05) is 30.3 Å². The fourth-order valence-electron chi connectivity index (χ4n) is 3.08. The zero-order valence-corrected chi connectivity index (χ0v) is 15.6. The Morgan fingerprint density at radius 3 is 2.52 bits per heavy atom. The number of rotatable bonds is 7. The van der Waals surface area contributed by atoms with Gasteiger partial charge >= 0.3 is 0 Å². The number of hydrogen-bond donors (Lipinski definition) is 3. The third-order valence-corrected chi connectivity index (χ3v) is 4.63. The van der Waals surface area contributed by atoms with Gasteiger partial charge in [-0.2, -0.15) is 0 Å². The summed E-state index contributed by atoms with van der Waals surface area (Å²) in [6.45, 7) is 6.62. The fraction of sp³-hybridized carbons (Fsp3) is 0.600.